The van der Waals surface area contributed by atoms with E-state index in [9.17, 15) is 9.59 Å². The van der Waals surface area contributed by atoms with E-state index in [0.717, 1.165) is 0 Å². The van der Waals surface area contributed by atoms with Crippen molar-refractivity contribution in [1.82, 2.24) is 4.90 Å². The molecule has 26 heavy (non-hydrogen) atoms. The van der Waals surface area contributed by atoms with Gasteiger partial charge in [-0.1, -0.05) is 0 Å². The van der Waals surface area contributed by atoms with E-state index in [1.54, 1.807) is 49.5 Å². The smallest absolute Gasteiger partial charge is 0.289 e. The van der Waals surface area contributed by atoms with Crippen molar-refractivity contribution in [3.8, 4) is 11.5 Å². The van der Waals surface area contributed by atoms with Crippen LogP contribution in [-0.4, -0.2) is 44.0 Å². The van der Waals surface area contributed by atoms with Gasteiger partial charge in [0.1, 0.15) is 11.5 Å². The van der Waals surface area contributed by atoms with Crippen LogP contribution in [0.4, 0.5) is 5.69 Å². The molecule has 3 rings (SSSR count). The molecule has 1 aliphatic heterocycles. The van der Waals surface area contributed by atoms with Crippen molar-refractivity contribution in [2.24, 2.45) is 5.92 Å². The summed E-state index contributed by atoms with van der Waals surface area (Å²) in [5, 5.41) is 2.91. The van der Waals surface area contributed by atoms with E-state index in [1.807, 2.05) is 0 Å². The highest BCUT2D eigenvalue weighted by atomic mass is 16.5. The Kier molecular flexibility index (Phi) is 5.46. The molecule has 138 valence electrons. The lowest BCUT2D eigenvalue weighted by Gasteiger charge is -2.30. The van der Waals surface area contributed by atoms with Crippen LogP contribution in [0.3, 0.4) is 0 Å². The van der Waals surface area contributed by atoms with E-state index in [1.165, 1.54) is 6.26 Å². The van der Waals surface area contributed by atoms with Crippen LogP contribution >= 0.6 is 0 Å². The van der Waals surface area contributed by atoms with Crippen molar-refractivity contribution in [1.29, 1.82) is 0 Å². The van der Waals surface area contributed by atoms with Crippen LogP contribution < -0.4 is 14.8 Å². The highest BCUT2D eigenvalue weighted by Crippen LogP contribution is 2.30. The molecule has 0 radical (unpaired) electrons. The number of nitrogens with one attached hydrogen (secondary N) is 1. The van der Waals surface area contributed by atoms with Gasteiger partial charge in [0.15, 0.2) is 5.76 Å². The van der Waals surface area contributed by atoms with E-state index in [-0.39, 0.29) is 17.7 Å². The van der Waals surface area contributed by atoms with Crippen LogP contribution in [0.5, 0.6) is 11.5 Å². The van der Waals surface area contributed by atoms with Crippen LogP contribution in [0.15, 0.2) is 41.0 Å². The van der Waals surface area contributed by atoms with Crippen molar-refractivity contribution >= 4 is 17.5 Å². The number of likely N-dealkylation sites (tertiary alicyclic amines) is 1. The lowest BCUT2D eigenvalue weighted by Crippen LogP contribution is -2.41. The van der Waals surface area contributed by atoms with Gasteiger partial charge in [0, 0.05) is 25.1 Å². The Morgan fingerprint density at radius 2 is 1.92 bits per heavy atom. The van der Waals surface area contributed by atoms with Crippen molar-refractivity contribution in [3.63, 3.8) is 0 Å². The Bertz CT molecular complexity index is 764. The second kappa shape index (κ2) is 7.95. The third-order valence-corrected chi connectivity index (χ3v) is 4.55. The molecule has 1 N–H and O–H groups in total. The summed E-state index contributed by atoms with van der Waals surface area (Å²) in [7, 11) is 3.12. The first-order valence-electron chi connectivity index (χ1n) is 8.48. The normalized spacial score (nSPS) is 14.8. The van der Waals surface area contributed by atoms with Crippen LogP contribution in [0.25, 0.3) is 0 Å². The van der Waals surface area contributed by atoms with Crippen LogP contribution in [0.2, 0.25) is 0 Å². The second-order valence-corrected chi connectivity index (χ2v) is 6.10. The van der Waals surface area contributed by atoms with Crippen LogP contribution in [-0.2, 0) is 4.79 Å². The van der Waals surface area contributed by atoms with Gasteiger partial charge in [-0.05, 0) is 37.1 Å². The second-order valence-electron chi connectivity index (χ2n) is 6.10. The van der Waals surface area contributed by atoms with E-state index >= 15 is 0 Å². The van der Waals surface area contributed by atoms with Crippen LogP contribution in [0.1, 0.15) is 23.4 Å². The summed E-state index contributed by atoms with van der Waals surface area (Å²) >= 11 is 0. The fourth-order valence-corrected chi connectivity index (χ4v) is 3.04. The summed E-state index contributed by atoms with van der Waals surface area (Å²) in [6.45, 7) is 1.05. The predicted molar refractivity (Wildman–Crippen MR) is 95.5 cm³/mol. The van der Waals surface area contributed by atoms with Gasteiger partial charge >= 0.3 is 0 Å². The first-order valence-corrected chi connectivity index (χ1v) is 8.48. The zero-order valence-corrected chi connectivity index (χ0v) is 14.9. The van der Waals surface area contributed by atoms with Crippen molar-refractivity contribution < 1.29 is 23.5 Å². The minimum atomic E-state index is -0.151. The number of carbonyl (C=O) groups excluding carboxylic acids is 2. The number of hydrogen-bond acceptors (Lipinski definition) is 5. The van der Waals surface area contributed by atoms with E-state index < -0.39 is 0 Å². The van der Waals surface area contributed by atoms with E-state index in [2.05, 4.69) is 5.32 Å². The Hall–Kier alpha value is -2.96. The number of benzene rings is 1. The maximum Gasteiger partial charge on any atom is 0.289 e. The van der Waals surface area contributed by atoms with Gasteiger partial charge in [-0.3, -0.25) is 9.59 Å². The minimum absolute atomic E-state index is 0.0708. The highest BCUT2D eigenvalue weighted by molar-refractivity contribution is 5.95. The Labute approximate surface area is 151 Å². The topological polar surface area (TPSA) is 81.0 Å². The SMILES string of the molecule is COc1ccc(NC(=O)C2CCN(C(=O)c3ccco3)CC2)c(OC)c1. The number of carbonyl (C=O) groups is 2. The number of piperidine rings is 1. The van der Waals surface area contributed by atoms with Gasteiger partial charge in [0.25, 0.3) is 5.91 Å². The predicted octanol–water partition coefficient (Wildman–Crippen LogP) is 2.79. The number of nitrogens with zero attached hydrogens (tertiary/aromatic N) is 1. The third-order valence-electron chi connectivity index (χ3n) is 4.55. The molecule has 2 aromatic rings. The number of anilines is 1. The molecule has 7 nitrogen and oxygen atoms in total. The van der Waals surface area contributed by atoms with Gasteiger partial charge < -0.3 is 24.1 Å². The minimum Gasteiger partial charge on any atom is -0.497 e. The summed E-state index contributed by atoms with van der Waals surface area (Å²) in [6.07, 6.45) is 2.70. The van der Waals surface area contributed by atoms with Crippen molar-refractivity contribution in [2.45, 2.75) is 12.8 Å². The van der Waals surface area contributed by atoms with E-state index in [4.69, 9.17) is 13.9 Å². The molecular formula is C19H22N2O5. The summed E-state index contributed by atoms with van der Waals surface area (Å²) in [5.41, 5.74) is 0.604. The zero-order valence-electron chi connectivity index (χ0n) is 14.9. The molecule has 0 unspecified atom stereocenters. The Morgan fingerprint density at radius 3 is 2.54 bits per heavy atom. The largest absolute Gasteiger partial charge is 0.497 e. The number of hydrogen-bond donors (Lipinski definition) is 1. The van der Waals surface area contributed by atoms with E-state index in [0.29, 0.717) is 48.9 Å². The molecule has 2 heterocycles. The molecule has 1 saturated heterocycles. The lowest BCUT2D eigenvalue weighted by atomic mass is 9.95. The number of furan rings is 1. The molecule has 1 aromatic heterocycles. The first-order chi connectivity index (χ1) is 12.6. The number of methoxy groups -OCH3 is 2. The molecule has 7 heteroatoms. The standard InChI is InChI=1S/C19H22N2O5/c1-24-14-5-6-15(17(12-14)25-2)20-18(22)13-7-9-21(10-8-13)19(23)16-4-3-11-26-16/h3-6,11-13H,7-10H2,1-2H3,(H,20,22). The molecule has 0 atom stereocenters. The molecule has 0 bridgehead atoms. The molecule has 1 aromatic carbocycles. The maximum absolute atomic E-state index is 12.6. The van der Waals surface area contributed by atoms with Gasteiger partial charge in [0.05, 0.1) is 26.2 Å². The summed E-state index contributed by atoms with van der Waals surface area (Å²) in [5.74, 6) is 1.18. The summed E-state index contributed by atoms with van der Waals surface area (Å²) in [6, 6.07) is 8.58. The van der Waals surface area contributed by atoms with Gasteiger partial charge in [-0.2, -0.15) is 0 Å². The summed E-state index contributed by atoms with van der Waals surface area (Å²) in [4.78, 5) is 26.6. The fourth-order valence-electron chi connectivity index (χ4n) is 3.04. The summed E-state index contributed by atoms with van der Waals surface area (Å²) < 4.78 is 15.6. The van der Waals surface area contributed by atoms with Gasteiger partial charge in [-0.15, -0.1) is 0 Å². The Morgan fingerprint density at radius 1 is 1.15 bits per heavy atom. The average Bonchev–Trinajstić information content (AvgIpc) is 3.22. The maximum atomic E-state index is 12.6. The quantitative estimate of drug-likeness (QED) is 0.889. The van der Waals surface area contributed by atoms with Crippen molar-refractivity contribution in [2.75, 3.05) is 32.6 Å². The first kappa shape index (κ1) is 17.8. The molecular weight excluding hydrogens is 336 g/mol. The zero-order chi connectivity index (χ0) is 18.5. The Balaban J connectivity index is 1.58. The average molecular weight is 358 g/mol. The molecule has 1 aliphatic rings. The third kappa shape index (κ3) is 3.82. The number of rotatable bonds is 5. The van der Waals surface area contributed by atoms with Gasteiger partial charge in [0.2, 0.25) is 5.91 Å². The fraction of sp³-hybridized carbons (Fsp3) is 0.368. The molecule has 1 fully saturated rings. The van der Waals surface area contributed by atoms with Crippen LogP contribution in [0, 0.1) is 5.92 Å². The number of ether oxygens (including phenoxy) is 2. The molecule has 0 aliphatic carbocycles. The molecule has 0 spiro atoms. The lowest BCUT2D eigenvalue weighted by molar-refractivity contribution is -0.121. The highest BCUT2D eigenvalue weighted by Gasteiger charge is 2.29. The number of amides is 2. The monoisotopic (exact) mass is 358 g/mol. The molecule has 2 amide bonds. The van der Waals surface area contributed by atoms with Crippen molar-refractivity contribution in [3.05, 3.63) is 42.4 Å². The van der Waals surface area contributed by atoms with Gasteiger partial charge in [-0.25, -0.2) is 0 Å². The molecule has 0 saturated carbocycles.